The summed E-state index contributed by atoms with van der Waals surface area (Å²) in [6, 6.07) is 15.9. The molecule has 148 valence electrons. The van der Waals surface area contributed by atoms with Crippen LogP contribution in [0.25, 0.3) is 16.7 Å². The number of para-hydroxylation sites is 1. The van der Waals surface area contributed by atoms with Crippen LogP contribution < -0.4 is 14.9 Å². The fourth-order valence-electron chi connectivity index (χ4n) is 3.15. The highest BCUT2D eigenvalue weighted by Gasteiger charge is 2.15. The topological polar surface area (TPSA) is 91.8 Å². The van der Waals surface area contributed by atoms with Crippen LogP contribution in [-0.4, -0.2) is 19.6 Å². The molecule has 5 aromatic rings. The van der Waals surface area contributed by atoms with Gasteiger partial charge in [-0.1, -0.05) is 18.2 Å². The molecule has 0 fully saturated rings. The van der Waals surface area contributed by atoms with Gasteiger partial charge in [0, 0.05) is 17.8 Å². The molecule has 0 aliphatic carbocycles. The normalized spacial score (nSPS) is 11.1. The number of aryl methyl sites for hydroxylation is 2. The van der Waals surface area contributed by atoms with Crippen LogP contribution in [0.2, 0.25) is 0 Å². The Morgan fingerprint density at radius 2 is 1.80 bits per heavy atom. The van der Waals surface area contributed by atoms with Crippen molar-refractivity contribution in [3.8, 4) is 23.1 Å². The Morgan fingerprint density at radius 1 is 0.967 bits per heavy atom. The minimum Gasteiger partial charge on any atom is -0.457 e. The molecule has 0 spiro atoms. The quantitative estimate of drug-likeness (QED) is 0.441. The van der Waals surface area contributed by atoms with E-state index in [1.54, 1.807) is 43.3 Å². The molecular formula is C22H16N4O4. The third-order valence-electron chi connectivity index (χ3n) is 4.52. The molecule has 0 radical (unpaired) electrons. The lowest BCUT2D eigenvalue weighted by Crippen LogP contribution is -2.07. The average molecular weight is 400 g/mol. The van der Waals surface area contributed by atoms with E-state index in [9.17, 15) is 4.79 Å². The van der Waals surface area contributed by atoms with Crippen LogP contribution in [0.1, 0.15) is 11.5 Å². The van der Waals surface area contributed by atoms with E-state index in [2.05, 4.69) is 15.1 Å². The maximum Gasteiger partial charge on any atom is 0.255 e. The van der Waals surface area contributed by atoms with Crippen LogP contribution in [0.3, 0.4) is 0 Å². The second-order valence-corrected chi connectivity index (χ2v) is 6.70. The first-order valence-corrected chi connectivity index (χ1v) is 9.24. The largest absolute Gasteiger partial charge is 0.457 e. The SMILES string of the molecule is Cc1cc(Oc2ccc3c(=O)c(Oc4ccccc4)c(C)oc3c2)n2ncnc2n1. The van der Waals surface area contributed by atoms with Gasteiger partial charge in [0.05, 0.1) is 5.39 Å². The maximum absolute atomic E-state index is 13.0. The van der Waals surface area contributed by atoms with Crippen LogP contribution in [0.15, 0.2) is 70.1 Å². The van der Waals surface area contributed by atoms with Gasteiger partial charge in [-0.3, -0.25) is 4.79 Å². The van der Waals surface area contributed by atoms with Gasteiger partial charge in [-0.15, -0.1) is 0 Å². The molecule has 8 heteroatoms. The molecule has 0 bridgehead atoms. The molecule has 5 rings (SSSR count). The van der Waals surface area contributed by atoms with E-state index in [1.165, 1.54) is 10.8 Å². The smallest absolute Gasteiger partial charge is 0.255 e. The summed E-state index contributed by atoms with van der Waals surface area (Å²) in [6.07, 6.45) is 1.41. The van der Waals surface area contributed by atoms with Crippen LogP contribution in [0.4, 0.5) is 0 Å². The van der Waals surface area contributed by atoms with Gasteiger partial charge in [0.2, 0.25) is 17.1 Å². The summed E-state index contributed by atoms with van der Waals surface area (Å²) in [5, 5.41) is 4.52. The zero-order valence-corrected chi connectivity index (χ0v) is 16.2. The summed E-state index contributed by atoms with van der Waals surface area (Å²) >= 11 is 0. The highest BCUT2D eigenvalue weighted by atomic mass is 16.5. The Hall–Kier alpha value is -4.20. The summed E-state index contributed by atoms with van der Waals surface area (Å²) in [6.45, 7) is 3.54. The van der Waals surface area contributed by atoms with E-state index >= 15 is 0 Å². The van der Waals surface area contributed by atoms with Crippen molar-refractivity contribution >= 4 is 16.7 Å². The van der Waals surface area contributed by atoms with Crippen molar-refractivity contribution in [3.05, 3.63) is 82.6 Å². The lowest BCUT2D eigenvalue weighted by atomic mass is 10.2. The number of nitrogens with zero attached hydrogens (tertiary/aromatic N) is 4. The van der Waals surface area contributed by atoms with Crippen molar-refractivity contribution in [1.29, 1.82) is 0 Å². The van der Waals surface area contributed by atoms with Crippen molar-refractivity contribution in [2.45, 2.75) is 13.8 Å². The first-order valence-electron chi connectivity index (χ1n) is 9.24. The Bertz CT molecular complexity index is 1440. The Kier molecular flexibility index (Phi) is 4.17. The van der Waals surface area contributed by atoms with E-state index in [4.69, 9.17) is 13.9 Å². The third kappa shape index (κ3) is 3.14. The first kappa shape index (κ1) is 17.9. The van der Waals surface area contributed by atoms with Gasteiger partial charge < -0.3 is 13.9 Å². The summed E-state index contributed by atoms with van der Waals surface area (Å²) in [4.78, 5) is 21.3. The molecule has 3 heterocycles. The maximum atomic E-state index is 13.0. The van der Waals surface area contributed by atoms with Crippen molar-refractivity contribution in [3.63, 3.8) is 0 Å². The number of hydrogen-bond acceptors (Lipinski definition) is 7. The molecule has 0 saturated heterocycles. The Balaban J connectivity index is 1.54. The molecule has 0 amide bonds. The molecule has 0 N–H and O–H groups in total. The lowest BCUT2D eigenvalue weighted by Gasteiger charge is -2.10. The van der Waals surface area contributed by atoms with Gasteiger partial charge in [0.25, 0.3) is 5.78 Å². The standard InChI is InChI=1S/C22H16N4O4/c1-13-10-19(26-22(25-13)23-12-24-26)29-16-8-9-17-18(11-16)28-14(2)21(20(17)27)30-15-6-4-3-5-7-15/h3-12H,1-2H3. The van der Waals surface area contributed by atoms with Gasteiger partial charge in [0.15, 0.2) is 0 Å². The van der Waals surface area contributed by atoms with Crippen LogP contribution in [0, 0.1) is 13.8 Å². The molecule has 30 heavy (non-hydrogen) atoms. The molecule has 0 aliphatic rings. The Labute approximate surface area is 170 Å². The van der Waals surface area contributed by atoms with Crippen LogP contribution in [0.5, 0.6) is 23.1 Å². The van der Waals surface area contributed by atoms with Crippen molar-refractivity contribution in [1.82, 2.24) is 19.6 Å². The van der Waals surface area contributed by atoms with Gasteiger partial charge in [0.1, 0.15) is 29.2 Å². The molecule has 8 nitrogen and oxygen atoms in total. The number of hydrogen-bond donors (Lipinski definition) is 0. The van der Waals surface area contributed by atoms with Crippen molar-refractivity contribution in [2.24, 2.45) is 0 Å². The fourth-order valence-corrected chi connectivity index (χ4v) is 3.15. The molecule has 0 unspecified atom stereocenters. The molecule has 0 saturated carbocycles. The summed E-state index contributed by atoms with van der Waals surface area (Å²) in [5.74, 6) is 2.50. The number of benzene rings is 2. The zero-order valence-electron chi connectivity index (χ0n) is 16.2. The number of aromatic nitrogens is 4. The van der Waals surface area contributed by atoms with Gasteiger partial charge in [-0.25, -0.2) is 4.98 Å². The van der Waals surface area contributed by atoms with E-state index < -0.39 is 0 Å². The number of rotatable bonds is 4. The van der Waals surface area contributed by atoms with Crippen molar-refractivity contribution < 1.29 is 13.9 Å². The second-order valence-electron chi connectivity index (χ2n) is 6.70. The van der Waals surface area contributed by atoms with E-state index in [-0.39, 0.29) is 11.2 Å². The molecule has 0 atom stereocenters. The van der Waals surface area contributed by atoms with E-state index in [0.717, 1.165) is 5.69 Å². The van der Waals surface area contributed by atoms with Crippen LogP contribution >= 0.6 is 0 Å². The highest BCUT2D eigenvalue weighted by molar-refractivity contribution is 5.79. The predicted octanol–water partition coefficient (Wildman–Crippen LogP) is 4.43. The van der Waals surface area contributed by atoms with E-state index in [1.807, 2.05) is 25.1 Å². The summed E-state index contributed by atoms with van der Waals surface area (Å²) in [7, 11) is 0. The average Bonchev–Trinajstić information content (AvgIpc) is 3.20. The van der Waals surface area contributed by atoms with Crippen molar-refractivity contribution in [2.75, 3.05) is 0 Å². The van der Waals surface area contributed by atoms with Gasteiger partial charge in [-0.05, 0) is 38.1 Å². The highest BCUT2D eigenvalue weighted by Crippen LogP contribution is 2.29. The number of fused-ring (bicyclic) bond motifs is 2. The van der Waals surface area contributed by atoms with Gasteiger partial charge in [-0.2, -0.15) is 14.6 Å². The minimum atomic E-state index is -0.248. The summed E-state index contributed by atoms with van der Waals surface area (Å²) < 4.78 is 19.1. The molecule has 0 aliphatic heterocycles. The third-order valence-corrected chi connectivity index (χ3v) is 4.52. The van der Waals surface area contributed by atoms with Crippen LogP contribution in [-0.2, 0) is 0 Å². The molecule has 3 aromatic heterocycles. The van der Waals surface area contributed by atoms with E-state index in [0.29, 0.717) is 39.9 Å². The first-order chi connectivity index (χ1) is 14.6. The molecule has 2 aromatic carbocycles. The summed E-state index contributed by atoms with van der Waals surface area (Å²) in [5.41, 5.74) is 0.898. The monoisotopic (exact) mass is 400 g/mol. The fraction of sp³-hybridized carbons (Fsp3) is 0.0909. The minimum absolute atomic E-state index is 0.163. The Morgan fingerprint density at radius 3 is 2.63 bits per heavy atom. The van der Waals surface area contributed by atoms with Gasteiger partial charge >= 0.3 is 0 Å². The number of ether oxygens (including phenoxy) is 2. The lowest BCUT2D eigenvalue weighted by molar-refractivity contribution is 0.432. The second kappa shape index (κ2) is 7.00. The zero-order chi connectivity index (χ0) is 20.7. The molecular weight excluding hydrogens is 384 g/mol. The predicted molar refractivity (Wildman–Crippen MR) is 109 cm³/mol.